The Morgan fingerprint density at radius 2 is 1.55 bits per heavy atom. The third-order valence-electron chi connectivity index (χ3n) is 6.48. The number of hydrogen-bond acceptors (Lipinski definition) is 3. The highest BCUT2D eigenvalue weighted by atomic mass is 15.2. The maximum Gasteiger partial charge on any atom is 0.0110 e. The van der Waals surface area contributed by atoms with Crippen molar-refractivity contribution in [2.45, 2.75) is 44.6 Å². The number of piperidine rings is 1. The molecule has 4 fully saturated rings. The van der Waals surface area contributed by atoms with Gasteiger partial charge in [0.15, 0.2) is 0 Å². The van der Waals surface area contributed by atoms with Crippen molar-refractivity contribution in [3.8, 4) is 0 Å². The van der Waals surface area contributed by atoms with Crippen LogP contribution in [0.15, 0.2) is 0 Å². The van der Waals surface area contributed by atoms with Crippen LogP contribution in [0.4, 0.5) is 0 Å². The van der Waals surface area contributed by atoms with Crippen LogP contribution in [-0.4, -0.2) is 73.6 Å². The van der Waals surface area contributed by atoms with Gasteiger partial charge in [-0.05, 0) is 70.0 Å². The Morgan fingerprint density at radius 3 is 2.15 bits per heavy atom. The third-order valence-corrected chi connectivity index (χ3v) is 6.48. The highest BCUT2D eigenvalue weighted by Gasteiger charge is 2.47. The molecule has 2 aliphatic carbocycles. The number of rotatable bonds is 3. The molecule has 0 radical (unpaired) electrons. The molecule has 2 saturated heterocycles. The van der Waals surface area contributed by atoms with Gasteiger partial charge in [-0.25, -0.2) is 0 Å². The van der Waals surface area contributed by atoms with Crippen LogP contribution in [0.2, 0.25) is 0 Å². The molecule has 1 spiro atoms. The minimum atomic E-state index is 0.780. The van der Waals surface area contributed by atoms with Crippen molar-refractivity contribution >= 4 is 0 Å². The molecule has 0 N–H and O–H groups in total. The van der Waals surface area contributed by atoms with Crippen LogP contribution < -0.4 is 0 Å². The molecule has 2 saturated carbocycles. The van der Waals surface area contributed by atoms with Gasteiger partial charge < -0.3 is 14.7 Å². The number of likely N-dealkylation sites (tertiary alicyclic amines) is 1. The second-order valence-corrected chi connectivity index (χ2v) is 8.15. The average Bonchev–Trinajstić information content (AvgIpc) is 3.25. The number of nitrogens with zero attached hydrogens (tertiary/aromatic N) is 3. The maximum atomic E-state index is 2.78. The summed E-state index contributed by atoms with van der Waals surface area (Å²) in [6, 6.07) is 0.994. The number of likely N-dealkylation sites (N-methyl/N-ethyl adjacent to an activating group) is 1. The Morgan fingerprint density at radius 1 is 0.900 bits per heavy atom. The molecule has 0 aromatic heterocycles. The zero-order valence-electron chi connectivity index (χ0n) is 13.2. The minimum Gasteiger partial charge on any atom is -0.304 e. The van der Waals surface area contributed by atoms with Crippen molar-refractivity contribution in [3.05, 3.63) is 0 Å². The van der Waals surface area contributed by atoms with E-state index in [1.807, 2.05) is 0 Å². The lowest BCUT2D eigenvalue weighted by atomic mass is 9.57. The van der Waals surface area contributed by atoms with Gasteiger partial charge in [-0.3, -0.25) is 0 Å². The minimum absolute atomic E-state index is 0.780. The number of piperazine rings is 1. The third kappa shape index (κ3) is 2.77. The van der Waals surface area contributed by atoms with E-state index in [1.165, 1.54) is 84.3 Å². The molecule has 114 valence electrons. The molecule has 3 heteroatoms. The Balaban J connectivity index is 1.20. The Kier molecular flexibility index (Phi) is 3.56. The van der Waals surface area contributed by atoms with Gasteiger partial charge in [0, 0.05) is 38.8 Å². The van der Waals surface area contributed by atoms with Gasteiger partial charge in [0.2, 0.25) is 0 Å². The normalized spacial score (nSPS) is 33.5. The summed E-state index contributed by atoms with van der Waals surface area (Å²) in [6.45, 7) is 9.35. The van der Waals surface area contributed by atoms with Crippen LogP contribution in [0.25, 0.3) is 0 Å². The van der Waals surface area contributed by atoms with Gasteiger partial charge in [0.1, 0.15) is 0 Å². The van der Waals surface area contributed by atoms with Crippen molar-refractivity contribution in [2.75, 3.05) is 52.9 Å². The standard InChI is InChI=1S/C17H31N3/c1-18-8-10-19(11-9-18)14-15-12-17(13-15)4-6-20(7-5-17)16-2-3-16/h15-16H,2-14H2,1H3. The largest absolute Gasteiger partial charge is 0.304 e. The molecule has 2 heterocycles. The lowest BCUT2D eigenvalue weighted by Gasteiger charge is -2.53. The van der Waals surface area contributed by atoms with Gasteiger partial charge in [0.05, 0.1) is 0 Å². The summed E-state index contributed by atoms with van der Waals surface area (Å²) in [5.41, 5.74) is 0.780. The lowest BCUT2D eigenvalue weighted by molar-refractivity contribution is -0.0313. The van der Waals surface area contributed by atoms with E-state index in [9.17, 15) is 0 Å². The summed E-state index contributed by atoms with van der Waals surface area (Å²) < 4.78 is 0. The topological polar surface area (TPSA) is 9.72 Å². The Bertz CT molecular complexity index is 328. The van der Waals surface area contributed by atoms with Crippen LogP contribution in [-0.2, 0) is 0 Å². The van der Waals surface area contributed by atoms with Crippen molar-refractivity contribution < 1.29 is 0 Å². The molecule has 0 amide bonds. The Hall–Kier alpha value is -0.120. The van der Waals surface area contributed by atoms with Crippen LogP contribution >= 0.6 is 0 Å². The fourth-order valence-electron chi connectivity index (χ4n) is 4.90. The summed E-state index contributed by atoms with van der Waals surface area (Å²) in [5, 5.41) is 0. The van der Waals surface area contributed by atoms with Crippen molar-refractivity contribution in [1.82, 2.24) is 14.7 Å². The molecule has 0 aromatic rings. The van der Waals surface area contributed by atoms with Gasteiger partial charge in [0.25, 0.3) is 0 Å². The van der Waals surface area contributed by atoms with Crippen molar-refractivity contribution in [3.63, 3.8) is 0 Å². The molecule has 2 aliphatic heterocycles. The van der Waals surface area contributed by atoms with E-state index in [0.29, 0.717) is 0 Å². The van der Waals surface area contributed by atoms with Crippen LogP contribution in [0, 0.1) is 11.3 Å². The van der Waals surface area contributed by atoms with Crippen molar-refractivity contribution in [2.24, 2.45) is 11.3 Å². The predicted molar refractivity (Wildman–Crippen MR) is 82.9 cm³/mol. The first-order chi connectivity index (χ1) is 9.72. The Labute approximate surface area is 124 Å². The molecule has 0 aromatic carbocycles. The highest BCUT2D eigenvalue weighted by Crippen LogP contribution is 2.53. The molecular weight excluding hydrogens is 246 g/mol. The zero-order chi connectivity index (χ0) is 13.6. The van der Waals surface area contributed by atoms with Crippen LogP contribution in [0.1, 0.15) is 38.5 Å². The first-order valence-corrected chi connectivity index (χ1v) is 8.87. The first kappa shape index (κ1) is 13.5. The molecule has 4 aliphatic rings. The van der Waals surface area contributed by atoms with E-state index in [1.54, 1.807) is 0 Å². The molecular formula is C17H31N3. The van der Waals surface area contributed by atoms with Gasteiger partial charge in [-0.1, -0.05) is 0 Å². The fourth-order valence-corrected chi connectivity index (χ4v) is 4.90. The maximum absolute atomic E-state index is 2.78. The zero-order valence-corrected chi connectivity index (χ0v) is 13.2. The molecule has 3 nitrogen and oxygen atoms in total. The molecule has 0 atom stereocenters. The second-order valence-electron chi connectivity index (χ2n) is 8.15. The van der Waals surface area contributed by atoms with Gasteiger partial charge in [-0.2, -0.15) is 0 Å². The van der Waals surface area contributed by atoms with Crippen LogP contribution in [0.3, 0.4) is 0 Å². The monoisotopic (exact) mass is 277 g/mol. The van der Waals surface area contributed by atoms with E-state index in [-0.39, 0.29) is 0 Å². The summed E-state index contributed by atoms with van der Waals surface area (Å²) >= 11 is 0. The summed E-state index contributed by atoms with van der Waals surface area (Å²) in [4.78, 5) is 7.96. The van der Waals surface area contributed by atoms with E-state index in [2.05, 4.69) is 21.7 Å². The molecule has 20 heavy (non-hydrogen) atoms. The van der Waals surface area contributed by atoms with E-state index < -0.39 is 0 Å². The molecule has 0 unspecified atom stereocenters. The average molecular weight is 277 g/mol. The lowest BCUT2D eigenvalue weighted by Crippen LogP contribution is -2.52. The fraction of sp³-hybridized carbons (Fsp3) is 1.00. The van der Waals surface area contributed by atoms with Crippen LogP contribution in [0.5, 0.6) is 0 Å². The quantitative estimate of drug-likeness (QED) is 0.780. The SMILES string of the molecule is CN1CCN(CC2CC3(CCN(C4CC4)CC3)C2)CC1. The van der Waals surface area contributed by atoms with E-state index in [4.69, 9.17) is 0 Å². The van der Waals surface area contributed by atoms with Crippen molar-refractivity contribution in [1.29, 1.82) is 0 Å². The van der Waals surface area contributed by atoms with E-state index >= 15 is 0 Å². The predicted octanol–water partition coefficient (Wildman–Crippen LogP) is 1.89. The summed E-state index contributed by atoms with van der Waals surface area (Å²) in [5.74, 6) is 1.02. The smallest absolute Gasteiger partial charge is 0.0110 e. The van der Waals surface area contributed by atoms with Gasteiger partial charge in [-0.15, -0.1) is 0 Å². The second kappa shape index (κ2) is 5.26. The number of hydrogen-bond donors (Lipinski definition) is 0. The summed E-state index contributed by atoms with van der Waals surface area (Å²) in [6.07, 6.45) is 9.05. The highest BCUT2D eigenvalue weighted by molar-refractivity contribution is 5.00. The summed E-state index contributed by atoms with van der Waals surface area (Å²) in [7, 11) is 2.25. The molecule has 4 rings (SSSR count). The van der Waals surface area contributed by atoms with E-state index in [0.717, 1.165) is 17.4 Å². The first-order valence-electron chi connectivity index (χ1n) is 8.87. The molecule has 0 bridgehead atoms. The van der Waals surface area contributed by atoms with Gasteiger partial charge >= 0.3 is 0 Å².